The minimum absolute atomic E-state index is 0.0151. The van der Waals surface area contributed by atoms with Crippen molar-refractivity contribution < 1.29 is 28.7 Å². The van der Waals surface area contributed by atoms with E-state index in [2.05, 4.69) is 0 Å². The molecular formula is C41H35ClN2O6. The number of aryl methyl sites for hydroxylation is 1. The smallest absolute Gasteiger partial charge is 0.355 e. The Labute approximate surface area is 295 Å². The third-order valence-electron chi connectivity index (χ3n) is 9.71. The molecule has 1 spiro atoms. The predicted molar refractivity (Wildman–Crippen MR) is 190 cm³/mol. The second kappa shape index (κ2) is 13.1. The van der Waals surface area contributed by atoms with Crippen molar-refractivity contribution in [2.75, 3.05) is 18.1 Å². The Morgan fingerprint density at radius 1 is 0.840 bits per heavy atom. The number of halogens is 1. The van der Waals surface area contributed by atoms with E-state index in [4.69, 9.17) is 21.1 Å². The van der Waals surface area contributed by atoms with Crippen LogP contribution >= 0.6 is 11.6 Å². The highest BCUT2D eigenvalue weighted by Crippen LogP contribution is 2.63. The van der Waals surface area contributed by atoms with E-state index in [9.17, 15) is 9.59 Å². The van der Waals surface area contributed by atoms with Crippen molar-refractivity contribution in [2.45, 2.75) is 38.8 Å². The van der Waals surface area contributed by atoms with E-state index in [0.717, 1.165) is 16.7 Å². The molecule has 50 heavy (non-hydrogen) atoms. The Balaban J connectivity index is 1.63. The molecule has 0 saturated heterocycles. The number of carbonyl (C=O) groups excluding carboxylic acids is 4. The molecule has 3 aliphatic rings. The maximum absolute atomic E-state index is 15.8. The molecule has 0 saturated carbocycles. The van der Waals surface area contributed by atoms with Crippen LogP contribution in [0.25, 0.3) is 6.08 Å². The number of ketones is 1. The van der Waals surface area contributed by atoms with E-state index in [1.54, 1.807) is 72.3 Å². The second-order valence-corrected chi connectivity index (χ2v) is 13.0. The number of Topliss-reactive ketones (excluding diaryl/α,β-unsaturated/α-hetero) is 1. The molecule has 3 heterocycles. The lowest BCUT2D eigenvalue weighted by atomic mass is 9.56. The minimum Gasteiger partial charge on any atom is -0.463 e. The van der Waals surface area contributed by atoms with Gasteiger partial charge in [-0.3, -0.25) is 9.59 Å². The first-order valence-corrected chi connectivity index (χ1v) is 17.0. The lowest BCUT2D eigenvalue weighted by Gasteiger charge is -2.52. The third kappa shape index (κ3) is 5.13. The van der Waals surface area contributed by atoms with Crippen LogP contribution in [0.1, 0.15) is 58.1 Å². The van der Waals surface area contributed by atoms with Crippen molar-refractivity contribution in [1.29, 1.82) is 0 Å². The van der Waals surface area contributed by atoms with Gasteiger partial charge in [-0.1, -0.05) is 96.0 Å². The lowest BCUT2D eigenvalue weighted by molar-refractivity contribution is -0.146. The molecular weight excluding hydrogens is 652 g/mol. The molecule has 0 bridgehead atoms. The maximum Gasteiger partial charge on any atom is 0.355 e. The number of fused-ring (bicyclic) bond motifs is 6. The van der Waals surface area contributed by atoms with Gasteiger partial charge in [0.1, 0.15) is 11.1 Å². The maximum atomic E-state index is 15.8. The third-order valence-corrected chi connectivity index (χ3v) is 9.95. The number of rotatable bonds is 8. The molecule has 8 nitrogen and oxygen atoms in total. The summed E-state index contributed by atoms with van der Waals surface area (Å²) in [5.74, 6) is -4.13. The summed E-state index contributed by atoms with van der Waals surface area (Å²) in [7, 11) is 0. The number of carbonyl (C=O) groups is 4. The van der Waals surface area contributed by atoms with Gasteiger partial charge in [0.2, 0.25) is 5.91 Å². The number of esters is 2. The predicted octanol–water partition coefficient (Wildman–Crippen LogP) is 7.35. The van der Waals surface area contributed by atoms with Crippen LogP contribution in [-0.4, -0.2) is 41.7 Å². The van der Waals surface area contributed by atoms with Gasteiger partial charge in [-0.05, 0) is 67.3 Å². The van der Waals surface area contributed by atoms with Crippen molar-refractivity contribution in [3.05, 3.63) is 153 Å². The molecule has 0 aromatic heterocycles. The van der Waals surface area contributed by atoms with Gasteiger partial charge < -0.3 is 19.3 Å². The highest BCUT2D eigenvalue weighted by Gasteiger charge is 2.69. The molecule has 9 heteroatoms. The Morgan fingerprint density at radius 3 is 2.24 bits per heavy atom. The molecule has 252 valence electrons. The Bertz CT molecular complexity index is 2090. The zero-order valence-electron chi connectivity index (χ0n) is 27.9. The van der Waals surface area contributed by atoms with Gasteiger partial charge in [-0.2, -0.15) is 0 Å². The average Bonchev–Trinajstić information content (AvgIpc) is 3.34. The summed E-state index contributed by atoms with van der Waals surface area (Å²) in [6.07, 6.45) is 3.51. The molecule has 1 amide bonds. The zero-order valence-corrected chi connectivity index (χ0v) is 28.6. The summed E-state index contributed by atoms with van der Waals surface area (Å²) in [5, 5.41) is 0.350. The van der Waals surface area contributed by atoms with Crippen LogP contribution < -0.4 is 4.90 Å². The SMILES string of the molecule is CCOC(=O)C1=C(C(=O)OCC)N2C=Cc3ccccc3[C@@H]2[C@]2(C(=O)N(Cc3ccccc3)c3ccc(Cl)cc32)C1C(=O)c1ccc(C)cc1. The summed E-state index contributed by atoms with van der Waals surface area (Å²) in [5.41, 5.74) is 2.41. The van der Waals surface area contributed by atoms with Crippen molar-refractivity contribution in [1.82, 2.24) is 4.90 Å². The molecule has 3 atom stereocenters. The minimum atomic E-state index is -1.80. The quantitative estimate of drug-likeness (QED) is 0.141. The molecule has 0 radical (unpaired) electrons. The molecule has 0 aliphatic carbocycles. The van der Waals surface area contributed by atoms with E-state index >= 15 is 9.59 Å². The highest BCUT2D eigenvalue weighted by atomic mass is 35.5. The summed E-state index contributed by atoms with van der Waals surface area (Å²) in [6.45, 7) is 5.39. The van der Waals surface area contributed by atoms with E-state index in [0.29, 0.717) is 21.8 Å². The average molecular weight is 687 g/mol. The van der Waals surface area contributed by atoms with Gasteiger partial charge in [0.15, 0.2) is 5.78 Å². The van der Waals surface area contributed by atoms with Crippen molar-refractivity contribution >= 4 is 47.0 Å². The van der Waals surface area contributed by atoms with Crippen LogP contribution in [0, 0.1) is 12.8 Å². The number of ether oxygens (including phenoxy) is 2. The van der Waals surface area contributed by atoms with Crippen LogP contribution in [-0.2, 0) is 35.8 Å². The van der Waals surface area contributed by atoms with E-state index in [-0.39, 0.29) is 36.6 Å². The lowest BCUT2D eigenvalue weighted by Crippen LogP contribution is -2.61. The van der Waals surface area contributed by atoms with Crippen LogP contribution in [0.2, 0.25) is 5.02 Å². The van der Waals surface area contributed by atoms with Crippen LogP contribution in [0.4, 0.5) is 5.69 Å². The van der Waals surface area contributed by atoms with Gasteiger partial charge in [-0.25, -0.2) is 9.59 Å². The molecule has 4 aromatic carbocycles. The number of anilines is 1. The Kier molecular flexibility index (Phi) is 8.66. The molecule has 3 aliphatic heterocycles. The summed E-state index contributed by atoms with van der Waals surface area (Å²) in [6, 6.07) is 28.3. The fourth-order valence-corrected chi connectivity index (χ4v) is 7.86. The van der Waals surface area contributed by atoms with E-state index in [1.807, 2.05) is 67.6 Å². The van der Waals surface area contributed by atoms with Gasteiger partial charge in [-0.15, -0.1) is 0 Å². The Hall–Kier alpha value is -5.47. The summed E-state index contributed by atoms with van der Waals surface area (Å²) in [4.78, 5) is 63.0. The Morgan fingerprint density at radius 2 is 1.52 bits per heavy atom. The van der Waals surface area contributed by atoms with Crippen molar-refractivity contribution in [2.24, 2.45) is 5.92 Å². The van der Waals surface area contributed by atoms with Crippen molar-refractivity contribution in [3.8, 4) is 0 Å². The first-order chi connectivity index (χ1) is 24.2. The zero-order chi connectivity index (χ0) is 35.2. The van der Waals surface area contributed by atoms with E-state index in [1.165, 1.54) is 0 Å². The van der Waals surface area contributed by atoms with Crippen LogP contribution in [0.15, 0.2) is 115 Å². The van der Waals surface area contributed by atoms with Crippen molar-refractivity contribution in [3.63, 3.8) is 0 Å². The number of hydrogen-bond acceptors (Lipinski definition) is 7. The van der Waals surface area contributed by atoms with Gasteiger partial charge in [0, 0.05) is 22.5 Å². The molecule has 7 rings (SSSR count). The van der Waals surface area contributed by atoms with Gasteiger partial charge in [0.25, 0.3) is 0 Å². The normalized spacial score (nSPS) is 20.4. The largest absolute Gasteiger partial charge is 0.463 e. The van der Waals surface area contributed by atoms with Crippen LogP contribution in [0.5, 0.6) is 0 Å². The standard InChI is InChI=1S/C41H35ClN2O6/c1-4-49-38(46)33-34(36(45)28-17-15-25(3)16-18-28)41(37-30-14-10-9-13-27(30)21-22-43(37)35(33)39(47)50-5-2)31-23-29(42)19-20-32(31)44(40(41)48)24-26-11-7-6-8-12-26/h6-23,34,37H,4-5,24H2,1-3H3/t34?,37-,41-/m1/s1. The van der Waals surface area contributed by atoms with Crippen LogP contribution in [0.3, 0.4) is 0 Å². The number of hydrogen-bond donors (Lipinski definition) is 0. The number of amides is 1. The molecule has 1 unspecified atom stereocenters. The second-order valence-electron chi connectivity index (χ2n) is 12.5. The highest BCUT2D eigenvalue weighted by molar-refractivity contribution is 6.31. The topological polar surface area (TPSA) is 93.2 Å². The first kappa shape index (κ1) is 33.0. The van der Waals surface area contributed by atoms with E-state index < -0.39 is 41.0 Å². The molecule has 0 N–H and O–H groups in total. The number of benzene rings is 4. The van der Waals surface area contributed by atoms with Gasteiger partial charge >= 0.3 is 11.9 Å². The van der Waals surface area contributed by atoms with Gasteiger partial charge in [0.05, 0.1) is 37.3 Å². The molecule has 0 fully saturated rings. The number of nitrogens with zero attached hydrogens (tertiary/aromatic N) is 2. The first-order valence-electron chi connectivity index (χ1n) is 16.6. The summed E-state index contributed by atoms with van der Waals surface area (Å²) >= 11 is 6.77. The fourth-order valence-electron chi connectivity index (χ4n) is 7.69. The fraction of sp³-hybridized carbons (Fsp3) is 0.220. The summed E-state index contributed by atoms with van der Waals surface area (Å²) < 4.78 is 11.2. The monoisotopic (exact) mass is 686 g/mol. The molecule has 4 aromatic rings.